The quantitative estimate of drug-likeness (QED) is 0.802. The molecule has 0 radical (unpaired) electrons. The number of aromatic nitrogens is 1. The zero-order chi connectivity index (χ0) is 18.0. The first-order valence-corrected chi connectivity index (χ1v) is 8.96. The molecule has 25 heavy (non-hydrogen) atoms. The molecule has 2 aliphatic rings. The van der Waals surface area contributed by atoms with Gasteiger partial charge in [0.25, 0.3) is 0 Å². The third-order valence-corrected chi connectivity index (χ3v) is 5.32. The Balaban J connectivity index is 1.46. The fourth-order valence-corrected chi connectivity index (χ4v) is 3.55. The Morgan fingerprint density at radius 3 is 2.92 bits per heavy atom. The number of hydrogen-bond acceptors (Lipinski definition) is 6. The second-order valence-electron chi connectivity index (χ2n) is 7.59. The van der Waals surface area contributed by atoms with Crippen LogP contribution in [-0.4, -0.2) is 59.0 Å². The van der Waals surface area contributed by atoms with Gasteiger partial charge in [0.15, 0.2) is 0 Å². The van der Waals surface area contributed by atoms with Gasteiger partial charge in [-0.1, -0.05) is 0 Å². The van der Waals surface area contributed by atoms with Crippen LogP contribution in [0.15, 0.2) is 10.6 Å². The number of oxazole rings is 1. The maximum Gasteiger partial charge on any atom is 0.235 e. The number of aryl methyl sites for hydroxylation is 1. The van der Waals surface area contributed by atoms with Crippen molar-refractivity contribution in [2.75, 3.05) is 26.7 Å². The number of rotatable bonds is 7. The SMILES string of the molecule is Cc1cnc(CN(C)[C@H]2CCN(CC(=O)N[C@](C)(C#N)C3CC3)C2)o1. The zero-order valence-corrected chi connectivity index (χ0v) is 15.3. The Labute approximate surface area is 149 Å². The molecule has 1 aliphatic heterocycles. The largest absolute Gasteiger partial charge is 0.445 e. The number of nitriles is 1. The third-order valence-electron chi connectivity index (χ3n) is 5.32. The van der Waals surface area contributed by atoms with Crippen LogP contribution < -0.4 is 5.32 Å². The van der Waals surface area contributed by atoms with Gasteiger partial charge >= 0.3 is 0 Å². The monoisotopic (exact) mass is 345 g/mol. The van der Waals surface area contributed by atoms with Crippen LogP contribution in [0.2, 0.25) is 0 Å². The van der Waals surface area contributed by atoms with E-state index in [1.807, 2.05) is 13.8 Å². The van der Waals surface area contributed by atoms with E-state index in [1.54, 1.807) is 6.20 Å². The van der Waals surface area contributed by atoms with Crippen LogP contribution in [0.3, 0.4) is 0 Å². The number of likely N-dealkylation sites (N-methyl/N-ethyl adjacent to an activating group) is 1. The second-order valence-corrected chi connectivity index (χ2v) is 7.59. The molecule has 0 unspecified atom stereocenters. The van der Waals surface area contributed by atoms with Gasteiger partial charge in [0.2, 0.25) is 11.8 Å². The fraction of sp³-hybridized carbons (Fsp3) is 0.722. The van der Waals surface area contributed by atoms with E-state index in [0.29, 0.717) is 25.0 Å². The van der Waals surface area contributed by atoms with Crippen molar-refractivity contribution >= 4 is 5.91 Å². The summed E-state index contributed by atoms with van der Waals surface area (Å²) in [5, 5.41) is 12.3. The van der Waals surface area contributed by atoms with Gasteiger partial charge in [-0.3, -0.25) is 14.6 Å². The highest BCUT2D eigenvalue weighted by Gasteiger charge is 2.43. The van der Waals surface area contributed by atoms with Gasteiger partial charge in [-0.15, -0.1) is 0 Å². The zero-order valence-electron chi connectivity index (χ0n) is 15.3. The summed E-state index contributed by atoms with van der Waals surface area (Å²) in [5.74, 6) is 1.81. The number of hydrogen-bond donors (Lipinski definition) is 1. The summed E-state index contributed by atoms with van der Waals surface area (Å²) >= 11 is 0. The van der Waals surface area contributed by atoms with E-state index in [9.17, 15) is 10.1 Å². The predicted molar refractivity (Wildman–Crippen MR) is 92.4 cm³/mol. The van der Waals surface area contributed by atoms with Crippen molar-refractivity contribution < 1.29 is 9.21 Å². The standard InChI is InChI=1S/C18H27N5O2/c1-13-8-20-17(25-13)11-22(3)15-6-7-23(9-15)10-16(24)21-18(2,12-19)14-4-5-14/h8,14-15H,4-7,9-11H2,1-3H3,(H,21,24)/t15-,18+/m0/s1. The molecule has 136 valence electrons. The van der Waals surface area contributed by atoms with Crippen molar-refractivity contribution in [3.63, 3.8) is 0 Å². The number of nitrogens with one attached hydrogen (secondary N) is 1. The van der Waals surface area contributed by atoms with Gasteiger partial charge in [0.05, 0.1) is 25.4 Å². The topological polar surface area (TPSA) is 85.4 Å². The molecule has 1 N–H and O–H groups in total. The second kappa shape index (κ2) is 7.14. The van der Waals surface area contributed by atoms with Crippen LogP contribution in [-0.2, 0) is 11.3 Å². The lowest BCUT2D eigenvalue weighted by atomic mass is 9.98. The smallest absolute Gasteiger partial charge is 0.235 e. The average Bonchev–Trinajstić information content (AvgIpc) is 3.21. The van der Waals surface area contributed by atoms with Crippen molar-refractivity contribution in [2.24, 2.45) is 5.92 Å². The van der Waals surface area contributed by atoms with Crippen LogP contribution in [0, 0.1) is 24.2 Å². The summed E-state index contributed by atoms with van der Waals surface area (Å²) in [6, 6.07) is 2.66. The lowest BCUT2D eigenvalue weighted by molar-refractivity contribution is -0.123. The van der Waals surface area contributed by atoms with Gasteiger partial charge in [-0.2, -0.15) is 5.26 Å². The normalized spacial score (nSPS) is 23.4. The van der Waals surface area contributed by atoms with Gasteiger partial charge in [-0.05, 0) is 46.1 Å². The van der Waals surface area contributed by atoms with Crippen LogP contribution in [0.1, 0.15) is 37.8 Å². The fourth-order valence-electron chi connectivity index (χ4n) is 3.55. The number of carbonyl (C=O) groups is 1. The maximum absolute atomic E-state index is 12.3. The Hall–Kier alpha value is -1.91. The number of carbonyl (C=O) groups excluding carboxylic acids is 1. The van der Waals surface area contributed by atoms with Crippen molar-refractivity contribution in [1.29, 1.82) is 5.26 Å². The van der Waals surface area contributed by atoms with Crippen LogP contribution in [0.5, 0.6) is 0 Å². The predicted octanol–water partition coefficient (Wildman–Crippen LogP) is 1.30. The molecule has 2 atom stereocenters. The van der Waals surface area contributed by atoms with E-state index >= 15 is 0 Å². The van der Waals surface area contributed by atoms with Crippen LogP contribution in [0.4, 0.5) is 0 Å². The lowest BCUT2D eigenvalue weighted by Crippen LogP contribution is -2.50. The number of likely N-dealkylation sites (tertiary alicyclic amines) is 1. The Morgan fingerprint density at radius 2 is 2.32 bits per heavy atom. The molecule has 2 fully saturated rings. The third kappa shape index (κ3) is 4.39. The van der Waals surface area contributed by atoms with E-state index in [4.69, 9.17) is 4.42 Å². The first-order valence-electron chi connectivity index (χ1n) is 8.96. The first kappa shape index (κ1) is 17.9. The Bertz CT molecular complexity index is 663. The minimum absolute atomic E-state index is 0.0532. The molecule has 1 aliphatic carbocycles. The van der Waals surface area contributed by atoms with Crippen molar-refractivity contribution in [3.05, 3.63) is 17.8 Å². The van der Waals surface area contributed by atoms with Crippen molar-refractivity contribution in [1.82, 2.24) is 20.1 Å². The van der Waals surface area contributed by atoms with Gasteiger partial charge in [0.1, 0.15) is 11.3 Å². The summed E-state index contributed by atoms with van der Waals surface area (Å²) in [6.45, 7) is 6.49. The van der Waals surface area contributed by atoms with Crippen molar-refractivity contribution in [3.8, 4) is 6.07 Å². The lowest BCUT2D eigenvalue weighted by Gasteiger charge is -2.25. The van der Waals surface area contributed by atoms with E-state index in [2.05, 4.69) is 33.2 Å². The summed E-state index contributed by atoms with van der Waals surface area (Å²) < 4.78 is 5.54. The highest BCUT2D eigenvalue weighted by atomic mass is 16.4. The maximum atomic E-state index is 12.3. The van der Waals surface area contributed by atoms with Gasteiger partial charge in [-0.25, -0.2) is 4.98 Å². The summed E-state index contributed by atoms with van der Waals surface area (Å²) in [6.07, 6.45) is 4.81. The first-order chi connectivity index (χ1) is 11.9. The molecule has 1 amide bonds. The van der Waals surface area contributed by atoms with E-state index in [0.717, 1.165) is 44.0 Å². The molecule has 1 saturated heterocycles. The molecular weight excluding hydrogens is 318 g/mol. The minimum atomic E-state index is -0.712. The molecule has 1 aromatic rings. The molecular formula is C18H27N5O2. The average molecular weight is 345 g/mol. The van der Waals surface area contributed by atoms with E-state index in [-0.39, 0.29) is 5.91 Å². The Kier molecular flexibility index (Phi) is 5.11. The molecule has 3 rings (SSSR count). The van der Waals surface area contributed by atoms with E-state index in [1.165, 1.54) is 0 Å². The molecule has 0 spiro atoms. The summed E-state index contributed by atoms with van der Waals surface area (Å²) in [5.41, 5.74) is -0.712. The van der Waals surface area contributed by atoms with E-state index < -0.39 is 5.54 Å². The molecule has 2 heterocycles. The molecule has 7 heteroatoms. The summed E-state index contributed by atoms with van der Waals surface area (Å²) in [4.78, 5) is 21.0. The van der Waals surface area contributed by atoms with Crippen LogP contribution in [0.25, 0.3) is 0 Å². The molecule has 1 aromatic heterocycles. The van der Waals surface area contributed by atoms with Gasteiger partial charge < -0.3 is 9.73 Å². The Morgan fingerprint density at radius 1 is 1.56 bits per heavy atom. The molecule has 1 saturated carbocycles. The number of amides is 1. The molecule has 7 nitrogen and oxygen atoms in total. The van der Waals surface area contributed by atoms with Crippen molar-refractivity contribution in [2.45, 2.75) is 51.2 Å². The molecule has 0 aromatic carbocycles. The highest BCUT2D eigenvalue weighted by Crippen LogP contribution is 2.39. The highest BCUT2D eigenvalue weighted by molar-refractivity contribution is 5.79. The molecule has 0 bridgehead atoms. The number of nitrogens with zero attached hydrogens (tertiary/aromatic N) is 4. The van der Waals surface area contributed by atoms with Crippen LogP contribution >= 0.6 is 0 Å². The van der Waals surface area contributed by atoms with Gasteiger partial charge in [0, 0.05) is 19.1 Å². The minimum Gasteiger partial charge on any atom is -0.445 e. The summed E-state index contributed by atoms with van der Waals surface area (Å²) in [7, 11) is 2.06.